The molecule has 0 saturated carbocycles. The molecule has 1 N–H and O–H groups in total. The van der Waals surface area contributed by atoms with Crippen molar-refractivity contribution in [3.05, 3.63) is 12.2 Å². The molecular weight excluding hydrogens is 204 g/mol. The molecule has 16 heavy (non-hydrogen) atoms. The molecule has 0 saturated heterocycles. The van der Waals surface area contributed by atoms with Crippen molar-refractivity contribution in [3.63, 3.8) is 0 Å². The maximum atomic E-state index is 11.6. The number of carbonyl (C=O) groups excluding carboxylic acids is 1. The molecule has 0 radical (unpaired) electrons. The summed E-state index contributed by atoms with van der Waals surface area (Å²) >= 11 is 0. The molecule has 3 nitrogen and oxygen atoms in total. The Hall–Kier alpha value is -1.11. The van der Waals surface area contributed by atoms with E-state index in [0.717, 1.165) is 25.7 Å². The van der Waals surface area contributed by atoms with Crippen LogP contribution in [0.25, 0.3) is 0 Å². The Bertz CT molecular complexity index is 335. The smallest absolute Gasteiger partial charge is 0.199 e. The number of ether oxygens (including phenoxy) is 1. The summed E-state index contributed by atoms with van der Waals surface area (Å²) in [6.45, 7) is 3.72. The van der Waals surface area contributed by atoms with Crippen LogP contribution in [0.1, 0.15) is 39.5 Å². The molecule has 2 atom stereocenters. The summed E-state index contributed by atoms with van der Waals surface area (Å²) in [5.41, 5.74) is -1.18. The average Bonchev–Trinajstić information content (AvgIpc) is 2.24. The minimum atomic E-state index is -1.18. The third-order valence-corrected chi connectivity index (χ3v) is 2.47. The molecule has 3 heteroatoms. The van der Waals surface area contributed by atoms with Gasteiger partial charge in [-0.05, 0) is 25.5 Å². The van der Waals surface area contributed by atoms with E-state index < -0.39 is 11.9 Å². The van der Waals surface area contributed by atoms with Crippen molar-refractivity contribution in [3.8, 4) is 11.8 Å². The Morgan fingerprint density at radius 3 is 3.00 bits per heavy atom. The summed E-state index contributed by atoms with van der Waals surface area (Å²) in [7, 11) is 0. The van der Waals surface area contributed by atoms with Crippen LogP contribution in [0.2, 0.25) is 0 Å². The van der Waals surface area contributed by atoms with Crippen molar-refractivity contribution in [1.29, 1.82) is 0 Å². The van der Waals surface area contributed by atoms with Crippen molar-refractivity contribution in [2.45, 2.75) is 51.4 Å². The van der Waals surface area contributed by atoms with Gasteiger partial charge in [0.25, 0.3) is 0 Å². The highest BCUT2D eigenvalue weighted by Gasteiger charge is 2.35. The lowest BCUT2D eigenvalue weighted by Crippen LogP contribution is -2.42. The first kappa shape index (κ1) is 13.0. The fraction of sp³-hybridized carbons (Fsp3) is 0.615. The van der Waals surface area contributed by atoms with Crippen LogP contribution < -0.4 is 0 Å². The fourth-order valence-electron chi connectivity index (χ4n) is 1.45. The van der Waals surface area contributed by atoms with Gasteiger partial charge in [0.2, 0.25) is 0 Å². The van der Waals surface area contributed by atoms with Gasteiger partial charge in [-0.25, -0.2) is 0 Å². The second-order valence-corrected chi connectivity index (χ2v) is 4.02. The zero-order chi connectivity index (χ0) is 12.0. The zero-order valence-corrected chi connectivity index (χ0v) is 9.82. The monoisotopic (exact) mass is 222 g/mol. The van der Waals surface area contributed by atoms with Crippen LogP contribution in [0.15, 0.2) is 12.2 Å². The lowest BCUT2D eigenvalue weighted by Gasteiger charge is -2.26. The number of aliphatic hydroxyl groups excluding tert-OH is 1. The molecule has 0 amide bonds. The van der Waals surface area contributed by atoms with Crippen LogP contribution >= 0.6 is 0 Å². The summed E-state index contributed by atoms with van der Waals surface area (Å²) in [6.07, 6.45) is 5.70. The van der Waals surface area contributed by atoms with Gasteiger partial charge in [-0.3, -0.25) is 4.79 Å². The molecule has 0 unspecified atom stereocenters. The highest BCUT2D eigenvalue weighted by atomic mass is 16.6. The number of hydrogen-bond donors (Lipinski definition) is 1. The minimum Gasteiger partial charge on any atom is -0.365 e. The predicted octanol–water partition coefficient (Wildman–Crippen LogP) is 1.80. The second kappa shape index (κ2) is 5.83. The number of carbonyl (C=O) groups is 1. The summed E-state index contributed by atoms with van der Waals surface area (Å²) in [4.78, 5) is 11.6. The predicted molar refractivity (Wildman–Crippen MR) is 61.6 cm³/mol. The van der Waals surface area contributed by atoms with Crippen LogP contribution in [-0.4, -0.2) is 22.8 Å². The molecule has 0 aromatic heterocycles. The number of hydrogen-bond acceptors (Lipinski definition) is 3. The quantitative estimate of drug-likeness (QED) is 0.585. The first-order valence-electron chi connectivity index (χ1n) is 5.67. The lowest BCUT2D eigenvalue weighted by molar-refractivity contribution is -0.159. The van der Waals surface area contributed by atoms with Crippen LogP contribution in [-0.2, 0) is 9.53 Å². The average molecular weight is 222 g/mol. The molecule has 88 valence electrons. The summed E-state index contributed by atoms with van der Waals surface area (Å²) in [5.74, 6) is 5.54. The number of rotatable bonds is 3. The van der Waals surface area contributed by atoms with Crippen molar-refractivity contribution >= 4 is 5.78 Å². The largest absolute Gasteiger partial charge is 0.365 e. The molecule has 0 aliphatic carbocycles. The van der Waals surface area contributed by atoms with E-state index in [1.54, 1.807) is 6.92 Å². The lowest BCUT2D eigenvalue weighted by atomic mass is 9.98. The Kier molecular flexibility index (Phi) is 4.72. The van der Waals surface area contributed by atoms with Crippen LogP contribution in [0.5, 0.6) is 0 Å². The normalized spacial score (nSPS) is 28.7. The van der Waals surface area contributed by atoms with Crippen LogP contribution in [0, 0.1) is 11.8 Å². The zero-order valence-electron chi connectivity index (χ0n) is 9.82. The van der Waals surface area contributed by atoms with Crippen molar-refractivity contribution in [1.82, 2.24) is 0 Å². The maximum absolute atomic E-state index is 11.6. The van der Waals surface area contributed by atoms with Gasteiger partial charge in [-0.2, -0.15) is 0 Å². The van der Waals surface area contributed by atoms with Crippen LogP contribution in [0.4, 0.5) is 0 Å². The molecule has 0 spiro atoms. The van der Waals surface area contributed by atoms with E-state index in [2.05, 4.69) is 18.8 Å². The Morgan fingerprint density at radius 1 is 1.56 bits per heavy atom. The van der Waals surface area contributed by atoms with E-state index in [0.29, 0.717) is 0 Å². The van der Waals surface area contributed by atoms with Gasteiger partial charge >= 0.3 is 0 Å². The van der Waals surface area contributed by atoms with E-state index in [9.17, 15) is 9.90 Å². The van der Waals surface area contributed by atoms with E-state index in [4.69, 9.17) is 4.74 Å². The molecule has 1 aliphatic rings. The van der Waals surface area contributed by atoms with Gasteiger partial charge in [0.1, 0.15) is 0 Å². The van der Waals surface area contributed by atoms with E-state index in [-0.39, 0.29) is 5.78 Å². The standard InChI is InChI=1S/C13H18O3/c1-3-4-5-6-7-10-13(2)11(14)8-9-12(15)16-13/h8-9,12,15H,3-6H2,1-2H3/t12-,13-/m0/s1. The topological polar surface area (TPSA) is 46.5 Å². The third-order valence-electron chi connectivity index (χ3n) is 2.47. The van der Waals surface area contributed by atoms with Crippen molar-refractivity contribution < 1.29 is 14.6 Å². The van der Waals surface area contributed by atoms with Gasteiger partial charge in [0, 0.05) is 6.42 Å². The summed E-state index contributed by atoms with van der Waals surface area (Å²) < 4.78 is 5.14. The number of unbranched alkanes of at least 4 members (excludes halogenated alkanes) is 3. The molecule has 0 bridgehead atoms. The highest BCUT2D eigenvalue weighted by Crippen LogP contribution is 2.19. The number of aliphatic hydroxyl groups is 1. The first-order valence-corrected chi connectivity index (χ1v) is 5.67. The third kappa shape index (κ3) is 3.48. The van der Waals surface area contributed by atoms with Crippen molar-refractivity contribution in [2.75, 3.05) is 0 Å². The second-order valence-electron chi connectivity index (χ2n) is 4.02. The van der Waals surface area contributed by atoms with Gasteiger partial charge in [0.05, 0.1) is 0 Å². The summed E-state index contributed by atoms with van der Waals surface area (Å²) in [6, 6.07) is 0. The molecule has 0 aromatic carbocycles. The Labute approximate surface area is 96.5 Å². The van der Waals surface area contributed by atoms with Gasteiger partial charge in [0.15, 0.2) is 17.7 Å². The Balaban J connectivity index is 2.56. The molecule has 1 aliphatic heterocycles. The SMILES string of the molecule is CCCCCC#C[C@]1(C)O[C@H](O)C=CC1=O. The number of ketones is 1. The minimum absolute atomic E-state index is 0.208. The summed E-state index contributed by atoms with van der Waals surface area (Å²) in [5, 5.41) is 9.27. The van der Waals surface area contributed by atoms with Crippen LogP contribution in [0.3, 0.4) is 0 Å². The molecule has 0 fully saturated rings. The van der Waals surface area contributed by atoms with Gasteiger partial charge in [-0.15, -0.1) is 0 Å². The Morgan fingerprint density at radius 2 is 2.31 bits per heavy atom. The maximum Gasteiger partial charge on any atom is 0.199 e. The van der Waals surface area contributed by atoms with E-state index in [1.807, 2.05) is 0 Å². The van der Waals surface area contributed by atoms with Gasteiger partial charge in [-0.1, -0.05) is 31.6 Å². The molecule has 1 rings (SSSR count). The molecule has 1 heterocycles. The highest BCUT2D eigenvalue weighted by molar-refractivity contribution is 6.00. The van der Waals surface area contributed by atoms with Gasteiger partial charge < -0.3 is 9.84 Å². The first-order chi connectivity index (χ1) is 7.58. The van der Waals surface area contributed by atoms with E-state index in [1.165, 1.54) is 12.2 Å². The van der Waals surface area contributed by atoms with Crippen molar-refractivity contribution in [2.24, 2.45) is 0 Å². The molecule has 0 aromatic rings. The molecular formula is C13H18O3. The fourth-order valence-corrected chi connectivity index (χ4v) is 1.45. The van der Waals surface area contributed by atoms with E-state index >= 15 is 0 Å².